The molecule has 88 valence electrons. The Kier molecular flexibility index (Phi) is 3.26. The van der Waals surface area contributed by atoms with Crippen molar-refractivity contribution in [3.8, 4) is 0 Å². The highest BCUT2D eigenvalue weighted by Gasteiger charge is 2.34. The second-order valence-corrected chi connectivity index (χ2v) is 5.22. The minimum atomic E-state index is -4.35. The molecule has 0 aromatic carbocycles. The summed E-state index contributed by atoms with van der Waals surface area (Å²) in [7, 11) is 0. The predicted molar refractivity (Wildman–Crippen MR) is 58.6 cm³/mol. The summed E-state index contributed by atoms with van der Waals surface area (Å²) in [4.78, 5) is 3.98. The van der Waals surface area contributed by atoms with Gasteiger partial charge in [-0.15, -0.1) is 22.9 Å². The van der Waals surface area contributed by atoms with Crippen molar-refractivity contribution < 1.29 is 13.2 Å². The van der Waals surface area contributed by atoms with Gasteiger partial charge in [0.05, 0.1) is 10.3 Å². The summed E-state index contributed by atoms with van der Waals surface area (Å²) >= 11 is 6.63. The van der Waals surface area contributed by atoms with E-state index < -0.39 is 11.2 Å². The lowest BCUT2D eigenvalue weighted by Crippen LogP contribution is -2.03. The third kappa shape index (κ3) is 2.58. The molecule has 0 saturated carbocycles. The number of allylic oxidation sites excluding steroid dienone is 2. The molecule has 1 unspecified atom stereocenters. The molecule has 6 heteroatoms. The summed E-state index contributed by atoms with van der Waals surface area (Å²) in [5.74, 6) is 0. The normalized spacial score (nSPS) is 22.0. The van der Waals surface area contributed by atoms with Gasteiger partial charge in [0, 0.05) is 6.20 Å². The fourth-order valence-corrected chi connectivity index (χ4v) is 2.77. The maximum absolute atomic E-state index is 12.3. The van der Waals surface area contributed by atoms with Crippen molar-refractivity contribution in [3.63, 3.8) is 0 Å². The van der Waals surface area contributed by atoms with Crippen LogP contribution in [0.2, 0.25) is 0 Å². The number of thiazole rings is 1. The zero-order valence-electron chi connectivity index (χ0n) is 8.22. The lowest BCUT2D eigenvalue weighted by Gasteiger charge is -2.14. The third-order valence-corrected chi connectivity index (χ3v) is 3.83. The van der Waals surface area contributed by atoms with Gasteiger partial charge in [-0.3, -0.25) is 0 Å². The lowest BCUT2D eigenvalue weighted by atomic mass is 9.99. The van der Waals surface area contributed by atoms with Crippen LogP contribution in [0, 0.1) is 0 Å². The highest BCUT2D eigenvalue weighted by molar-refractivity contribution is 7.12. The van der Waals surface area contributed by atoms with Crippen molar-refractivity contribution in [2.45, 2.75) is 30.8 Å². The van der Waals surface area contributed by atoms with Crippen LogP contribution in [-0.2, 0) is 6.18 Å². The van der Waals surface area contributed by atoms with Crippen molar-refractivity contribution >= 4 is 28.5 Å². The molecule has 1 atom stereocenters. The van der Waals surface area contributed by atoms with Crippen molar-refractivity contribution in [2.24, 2.45) is 0 Å². The molecule has 0 fully saturated rings. The van der Waals surface area contributed by atoms with Gasteiger partial charge in [0.1, 0.15) is 0 Å². The molecule has 0 aliphatic heterocycles. The minimum Gasteiger partial charge on any atom is -0.240 e. The molecular formula is C10H9ClF3NS. The van der Waals surface area contributed by atoms with Crippen LogP contribution in [0.1, 0.15) is 29.1 Å². The maximum Gasteiger partial charge on any atom is 0.443 e. The molecule has 0 bridgehead atoms. The van der Waals surface area contributed by atoms with Gasteiger partial charge in [-0.2, -0.15) is 13.2 Å². The maximum atomic E-state index is 12.3. The van der Waals surface area contributed by atoms with Crippen LogP contribution in [0.4, 0.5) is 13.2 Å². The molecule has 0 amide bonds. The molecule has 1 aromatic heterocycles. The Morgan fingerprint density at radius 2 is 2.19 bits per heavy atom. The number of hydrogen-bond acceptors (Lipinski definition) is 2. The van der Waals surface area contributed by atoms with E-state index in [4.69, 9.17) is 11.6 Å². The Balaban J connectivity index is 2.25. The Bertz CT molecular complexity index is 410. The van der Waals surface area contributed by atoms with Crippen LogP contribution in [0.15, 0.2) is 12.3 Å². The van der Waals surface area contributed by atoms with Crippen LogP contribution in [-0.4, -0.2) is 10.4 Å². The van der Waals surface area contributed by atoms with E-state index in [9.17, 15) is 13.2 Å². The molecule has 1 aliphatic carbocycles. The first-order valence-electron chi connectivity index (χ1n) is 4.85. The van der Waals surface area contributed by atoms with E-state index in [1.807, 2.05) is 6.08 Å². The number of rotatable bonds is 1. The van der Waals surface area contributed by atoms with Crippen molar-refractivity contribution in [1.82, 2.24) is 4.98 Å². The van der Waals surface area contributed by atoms with Crippen LogP contribution in [0.3, 0.4) is 0 Å². The first-order chi connectivity index (χ1) is 7.47. The average molecular weight is 268 g/mol. The number of alkyl halides is 4. The largest absolute Gasteiger partial charge is 0.443 e. The van der Waals surface area contributed by atoms with E-state index in [-0.39, 0.29) is 5.38 Å². The Morgan fingerprint density at radius 1 is 1.44 bits per heavy atom. The first kappa shape index (κ1) is 11.9. The van der Waals surface area contributed by atoms with E-state index in [2.05, 4.69) is 4.98 Å². The number of hydrogen-bond donors (Lipinski definition) is 0. The van der Waals surface area contributed by atoms with Crippen molar-refractivity contribution in [3.05, 3.63) is 22.2 Å². The lowest BCUT2D eigenvalue weighted by molar-refractivity contribution is -0.137. The van der Waals surface area contributed by atoms with Gasteiger partial charge in [0.2, 0.25) is 0 Å². The second-order valence-electron chi connectivity index (χ2n) is 3.63. The van der Waals surface area contributed by atoms with Crippen LogP contribution in [0.5, 0.6) is 0 Å². The van der Waals surface area contributed by atoms with Gasteiger partial charge in [0.15, 0.2) is 5.01 Å². The second kappa shape index (κ2) is 4.37. The Morgan fingerprint density at radius 3 is 2.75 bits per heavy atom. The summed E-state index contributed by atoms with van der Waals surface area (Å²) < 4.78 is 37.0. The number of halogens is 4. The number of nitrogens with zero attached hydrogens (tertiary/aromatic N) is 1. The van der Waals surface area contributed by atoms with E-state index in [1.165, 1.54) is 6.20 Å². The van der Waals surface area contributed by atoms with Crippen LogP contribution < -0.4 is 0 Å². The van der Waals surface area contributed by atoms with Crippen LogP contribution in [0.25, 0.3) is 5.57 Å². The molecule has 1 nitrogen and oxygen atoms in total. The summed E-state index contributed by atoms with van der Waals surface area (Å²) in [5, 5.41) is -0.861. The van der Waals surface area contributed by atoms with Gasteiger partial charge in [0.25, 0.3) is 0 Å². The van der Waals surface area contributed by atoms with Gasteiger partial charge >= 0.3 is 6.18 Å². The molecule has 0 N–H and O–H groups in total. The molecule has 0 radical (unpaired) electrons. The number of aromatic nitrogens is 1. The van der Waals surface area contributed by atoms with E-state index in [0.717, 1.165) is 24.8 Å². The highest BCUT2D eigenvalue weighted by atomic mass is 35.5. The SMILES string of the molecule is FC(F)(F)c1ncc(C2=CC(Cl)CCC2)s1. The standard InChI is InChI=1S/C10H9ClF3NS/c11-7-3-1-2-6(4-7)8-5-15-9(16-8)10(12,13)14/h4-5,7H,1-3H2. The Hall–Kier alpha value is -0.550. The molecule has 1 heterocycles. The molecule has 1 aliphatic rings. The fraction of sp³-hybridized carbons (Fsp3) is 0.500. The zero-order chi connectivity index (χ0) is 11.8. The third-order valence-electron chi connectivity index (χ3n) is 2.37. The van der Waals surface area contributed by atoms with E-state index in [1.54, 1.807) is 0 Å². The quantitative estimate of drug-likeness (QED) is 0.690. The van der Waals surface area contributed by atoms with Gasteiger partial charge < -0.3 is 0 Å². The first-order valence-corrected chi connectivity index (χ1v) is 6.10. The Labute approximate surface area is 100.0 Å². The summed E-state index contributed by atoms with van der Waals surface area (Å²) in [5.41, 5.74) is 0.888. The molecule has 16 heavy (non-hydrogen) atoms. The molecule has 1 aromatic rings. The van der Waals surface area contributed by atoms with Crippen LogP contribution >= 0.6 is 22.9 Å². The van der Waals surface area contributed by atoms with Crippen molar-refractivity contribution in [2.75, 3.05) is 0 Å². The monoisotopic (exact) mass is 267 g/mol. The molecule has 0 saturated heterocycles. The van der Waals surface area contributed by atoms with Gasteiger partial charge in [-0.25, -0.2) is 4.98 Å². The molecule has 2 rings (SSSR count). The molecular weight excluding hydrogens is 259 g/mol. The molecule has 0 spiro atoms. The summed E-state index contributed by atoms with van der Waals surface area (Å²) in [6.07, 6.45) is 1.35. The van der Waals surface area contributed by atoms with E-state index >= 15 is 0 Å². The fourth-order valence-electron chi connectivity index (χ4n) is 1.63. The summed E-state index contributed by atoms with van der Waals surface area (Å²) in [6, 6.07) is 0. The highest BCUT2D eigenvalue weighted by Crippen LogP contribution is 2.37. The topological polar surface area (TPSA) is 12.9 Å². The zero-order valence-corrected chi connectivity index (χ0v) is 9.79. The minimum absolute atomic E-state index is 0.0693. The predicted octanol–water partition coefficient (Wildman–Crippen LogP) is 4.34. The van der Waals surface area contributed by atoms with Crippen molar-refractivity contribution in [1.29, 1.82) is 0 Å². The average Bonchev–Trinajstić information content (AvgIpc) is 2.65. The summed E-state index contributed by atoms with van der Waals surface area (Å²) in [6.45, 7) is 0. The van der Waals surface area contributed by atoms with Gasteiger partial charge in [-0.1, -0.05) is 6.08 Å². The van der Waals surface area contributed by atoms with Gasteiger partial charge in [-0.05, 0) is 24.8 Å². The van der Waals surface area contributed by atoms with E-state index in [0.29, 0.717) is 16.2 Å². The smallest absolute Gasteiger partial charge is 0.240 e.